The van der Waals surface area contributed by atoms with Crippen molar-refractivity contribution in [1.82, 2.24) is 9.88 Å². The Bertz CT molecular complexity index is 1440. The third-order valence-electron chi connectivity index (χ3n) is 6.58. The van der Waals surface area contributed by atoms with Gasteiger partial charge in [0.2, 0.25) is 0 Å². The number of anilines is 1. The van der Waals surface area contributed by atoms with E-state index in [2.05, 4.69) is 16.7 Å². The fourth-order valence-electron chi connectivity index (χ4n) is 4.42. The molecular weight excluding hydrogens is 485 g/mol. The number of rotatable bonds is 9. The number of nitrogens with one attached hydrogen (secondary N) is 2. The lowest BCUT2D eigenvalue weighted by Crippen LogP contribution is -2.32. The predicted octanol–water partition coefficient (Wildman–Crippen LogP) is 3.72. The van der Waals surface area contributed by atoms with E-state index in [1.54, 1.807) is 52.2 Å². The van der Waals surface area contributed by atoms with Crippen molar-refractivity contribution < 1.29 is 14.3 Å². The Hall–Kier alpha value is -4.00. The molecule has 1 heterocycles. The smallest absolute Gasteiger partial charge is 0.319 e. The van der Waals surface area contributed by atoms with Gasteiger partial charge in [-0.2, -0.15) is 5.26 Å². The molecule has 8 nitrogen and oxygen atoms in total. The second kappa shape index (κ2) is 12.0. The second-order valence-electron chi connectivity index (χ2n) is 9.69. The lowest BCUT2D eigenvalue weighted by Gasteiger charge is -2.21. The molecule has 0 saturated carbocycles. The number of amides is 2. The van der Waals surface area contributed by atoms with E-state index in [1.807, 2.05) is 12.1 Å². The maximum atomic E-state index is 15.5. The van der Waals surface area contributed by atoms with Crippen LogP contribution in [0.3, 0.4) is 0 Å². The predicted molar refractivity (Wildman–Crippen MR) is 146 cm³/mol. The summed E-state index contributed by atoms with van der Waals surface area (Å²) in [7, 11) is 1.58. The monoisotopic (exact) mass is 519 g/mol. The molecule has 38 heavy (non-hydrogen) atoms. The number of nitriles is 1. The number of nitrogens with zero attached hydrogens (tertiary/aromatic N) is 2. The molecule has 3 rings (SSSR count). The number of halogens is 1. The molecule has 2 amide bonds. The van der Waals surface area contributed by atoms with Gasteiger partial charge >= 0.3 is 6.03 Å². The van der Waals surface area contributed by atoms with Crippen LogP contribution in [0.1, 0.15) is 48.6 Å². The van der Waals surface area contributed by atoms with Crippen LogP contribution in [0.2, 0.25) is 0 Å². The summed E-state index contributed by atoms with van der Waals surface area (Å²) < 4.78 is 16.8. The van der Waals surface area contributed by atoms with Gasteiger partial charge < -0.3 is 26.0 Å². The molecule has 0 bridgehead atoms. The van der Waals surface area contributed by atoms with Crippen LogP contribution in [0.5, 0.6) is 0 Å². The summed E-state index contributed by atoms with van der Waals surface area (Å²) in [6.45, 7) is 5.65. The van der Waals surface area contributed by atoms with Gasteiger partial charge in [-0.3, -0.25) is 4.79 Å². The molecule has 0 aliphatic heterocycles. The molecule has 9 heteroatoms. The molecule has 5 N–H and O–H groups in total. The van der Waals surface area contributed by atoms with Gasteiger partial charge in [-0.15, -0.1) is 0 Å². The van der Waals surface area contributed by atoms with Crippen LogP contribution in [0.15, 0.2) is 47.4 Å². The normalized spacial score (nSPS) is 11.2. The average Bonchev–Trinajstić information content (AvgIpc) is 2.88. The SMILES string of the molecule is CCNC(=O)Nc1cc(-c2cccc(Cc3c(F)cc(C(C)(C)C#N)cc3CCN)c2CO)cn(C)c1=O. The van der Waals surface area contributed by atoms with Gasteiger partial charge in [0.15, 0.2) is 0 Å². The van der Waals surface area contributed by atoms with Crippen LogP contribution >= 0.6 is 0 Å². The maximum absolute atomic E-state index is 15.5. The first-order valence-corrected chi connectivity index (χ1v) is 12.5. The van der Waals surface area contributed by atoms with Crippen LogP contribution in [-0.2, 0) is 31.9 Å². The minimum absolute atomic E-state index is 0.0946. The van der Waals surface area contributed by atoms with Gasteiger partial charge in [-0.1, -0.05) is 24.3 Å². The average molecular weight is 520 g/mol. The molecule has 0 saturated heterocycles. The Morgan fingerprint density at radius 3 is 2.58 bits per heavy atom. The minimum atomic E-state index is -0.859. The summed E-state index contributed by atoms with van der Waals surface area (Å²) >= 11 is 0. The molecule has 0 spiro atoms. The van der Waals surface area contributed by atoms with E-state index >= 15 is 4.39 Å². The van der Waals surface area contributed by atoms with E-state index in [-0.39, 0.29) is 24.3 Å². The zero-order valence-electron chi connectivity index (χ0n) is 22.2. The first-order valence-electron chi connectivity index (χ1n) is 12.5. The number of hydrogen-bond acceptors (Lipinski definition) is 5. The number of nitrogens with two attached hydrogens (primary N) is 1. The fraction of sp³-hybridized carbons (Fsp3) is 0.345. The Balaban J connectivity index is 2.11. The highest BCUT2D eigenvalue weighted by Gasteiger charge is 2.24. The highest BCUT2D eigenvalue weighted by atomic mass is 19.1. The number of carbonyl (C=O) groups is 1. The molecule has 0 fully saturated rings. The van der Waals surface area contributed by atoms with Crippen LogP contribution < -0.4 is 21.9 Å². The summed E-state index contributed by atoms with van der Waals surface area (Å²) in [6.07, 6.45) is 2.27. The molecule has 0 aliphatic carbocycles. The lowest BCUT2D eigenvalue weighted by atomic mass is 9.82. The van der Waals surface area contributed by atoms with Crippen molar-refractivity contribution in [2.75, 3.05) is 18.4 Å². The van der Waals surface area contributed by atoms with E-state index in [0.29, 0.717) is 52.9 Å². The largest absolute Gasteiger partial charge is 0.392 e. The maximum Gasteiger partial charge on any atom is 0.319 e. The summed E-state index contributed by atoms with van der Waals surface area (Å²) in [5, 5.41) is 25.1. The quantitative estimate of drug-likeness (QED) is 0.342. The Morgan fingerprint density at radius 1 is 1.21 bits per heavy atom. The first-order chi connectivity index (χ1) is 18.1. The van der Waals surface area contributed by atoms with E-state index in [4.69, 9.17) is 5.73 Å². The molecule has 3 aromatic rings. The summed E-state index contributed by atoms with van der Waals surface area (Å²) in [4.78, 5) is 24.7. The number of aliphatic hydroxyl groups excluding tert-OH is 1. The van der Waals surface area contributed by atoms with Gasteiger partial charge in [0.25, 0.3) is 5.56 Å². The van der Waals surface area contributed by atoms with E-state index in [9.17, 15) is 20.0 Å². The lowest BCUT2D eigenvalue weighted by molar-refractivity contribution is 0.252. The molecule has 0 atom stereocenters. The Kier molecular flexibility index (Phi) is 9.04. The van der Waals surface area contributed by atoms with E-state index in [1.165, 1.54) is 10.6 Å². The fourth-order valence-corrected chi connectivity index (χ4v) is 4.42. The van der Waals surface area contributed by atoms with E-state index < -0.39 is 17.3 Å². The number of urea groups is 1. The zero-order chi connectivity index (χ0) is 28.0. The van der Waals surface area contributed by atoms with Crippen LogP contribution in [0.25, 0.3) is 11.1 Å². The summed E-state index contributed by atoms with van der Waals surface area (Å²) in [5.41, 5.74) is 8.99. The standard InChI is InChI=1S/C29H34FN5O3/c1-5-33-28(38)34-26-13-20(15-35(4)27(26)37)22-8-6-7-18(24(22)16-36)12-23-19(9-10-31)11-21(14-25(23)30)29(2,3)17-32/h6-8,11,13-15,36H,5,9-10,12,16,31H2,1-4H3,(H2,33,34,38). The number of hydrogen-bond donors (Lipinski definition) is 4. The Labute approximate surface area is 221 Å². The topological polar surface area (TPSA) is 133 Å². The number of pyridine rings is 1. The Morgan fingerprint density at radius 2 is 1.95 bits per heavy atom. The van der Waals surface area contributed by atoms with Crippen molar-refractivity contribution in [3.05, 3.63) is 86.6 Å². The number of aliphatic hydroxyl groups is 1. The van der Waals surface area contributed by atoms with Gasteiger partial charge in [-0.05, 0) is 79.3 Å². The second-order valence-corrected chi connectivity index (χ2v) is 9.69. The van der Waals surface area contributed by atoms with Crippen molar-refractivity contribution >= 4 is 11.7 Å². The van der Waals surface area contributed by atoms with Crippen molar-refractivity contribution in [2.45, 2.75) is 45.6 Å². The van der Waals surface area contributed by atoms with Crippen LogP contribution in [0, 0.1) is 17.1 Å². The van der Waals surface area contributed by atoms with E-state index in [0.717, 1.165) is 5.56 Å². The third-order valence-corrected chi connectivity index (χ3v) is 6.58. The number of aryl methyl sites for hydroxylation is 1. The summed E-state index contributed by atoms with van der Waals surface area (Å²) in [6, 6.07) is 11.9. The number of aromatic nitrogens is 1. The molecular formula is C29H34FN5O3. The van der Waals surface area contributed by atoms with Crippen molar-refractivity contribution in [2.24, 2.45) is 12.8 Å². The zero-order valence-corrected chi connectivity index (χ0v) is 22.2. The van der Waals surface area contributed by atoms with Crippen molar-refractivity contribution in [1.29, 1.82) is 5.26 Å². The highest BCUT2D eigenvalue weighted by molar-refractivity contribution is 5.90. The molecule has 2 aromatic carbocycles. The molecule has 0 unspecified atom stereocenters. The highest BCUT2D eigenvalue weighted by Crippen LogP contribution is 2.32. The first kappa shape index (κ1) is 28.6. The van der Waals surface area contributed by atoms with Crippen LogP contribution in [-0.4, -0.2) is 28.8 Å². The van der Waals surface area contributed by atoms with Crippen LogP contribution in [0.4, 0.5) is 14.9 Å². The number of carbonyl (C=O) groups excluding carboxylic acids is 1. The number of benzene rings is 2. The third kappa shape index (κ3) is 6.10. The van der Waals surface area contributed by atoms with Crippen molar-refractivity contribution in [3.63, 3.8) is 0 Å². The van der Waals surface area contributed by atoms with Gasteiger partial charge in [0, 0.05) is 31.8 Å². The van der Waals surface area contributed by atoms with Crippen molar-refractivity contribution in [3.8, 4) is 17.2 Å². The molecule has 0 radical (unpaired) electrons. The summed E-state index contributed by atoms with van der Waals surface area (Å²) in [5.74, 6) is -0.431. The molecule has 0 aliphatic rings. The molecule has 1 aromatic heterocycles. The minimum Gasteiger partial charge on any atom is -0.392 e. The molecule has 200 valence electrons. The van der Waals surface area contributed by atoms with Gasteiger partial charge in [-0.25, -0.2) is 9.18 Å². The van der Waals surface area contributed by atoms with Gasteiger partial charge in [0.05, 0.1) is 18.1 Å². The van der Waals surface area contributed by atoms with Gasteiger partial charge in [0.1, 0.15) is 11.5 Å².